The van der Waals surface area contributed by atoms with Gasteiger partial charge in [0.05, 0.1) is 35.6 Å². The van der Waals surface area contributed by atoms with Crippen LogP contribution in [0.2, 0.25) is 0 Å². The van der Waals surface area contributed by atoms with E-state index in [0.717, 1.165) is 5.52 Å². The number of aliphatic carboxylic acids is 1. The number of para-hydroxylation sites is 1. The van der Waals surface area contributed by atoms with Gasteiger partial charge in [0.1, 0.15) is 23.8 Å². The van der Waals surface area contributed by atoms with Crippen LogP contribution in [0.25, 0.3) is 11.0 Å². The highest BCUT2D eigenvalue weighted by atomic mass is 16.5. The second kappa shape index (κ2) is 9.53. The molecule has 2 N–H and O–H groups in total. The van der Waals surface area contributed by atoms with E-state index in [1.54, 1.807) is 41.9 Å². The van der Waals surface area contributed by atoms with Gasteiger partial charge in [0.2, 0.25) is 11.8 Å². The second-order valence-electron chi connectivity index (χ2n) is 11.0. The molecule has 0 radical (unpaired) electrons. The van der Waals surface area contributed by atoms with Crippen LogP contribution in [0.3, 0.4) is 0 Å². The average Bonchev–Trinajstić information content (AvgIpc) is 3.65. The first-order chi connectivity index (χ1) is 19.3. The molecule has 2 aromatic carbocycles. The maximum Gasteiger partial charge on any atom is 0.310 e. The lowest BCUT2D eigenvalue weighted by Gasteiger charge is -2.39. The first kappa shape index (κ1) is 26.1. The SMILES string of the molecule is C=CCN(Cn1nnc2ccccc21)C(=O)C1N([C@H](CO)c2ccccc2)C(=O)[C@@H]2[C@H](C(=O)O)[C@]3(C)CCC12O3. The van der Waals surface area contributed by atoms with Crippen LogP contribution in [0.5, 0.6) is 0 Å². The molecule has 3 fully saturated rings. The maximum atomic E-state index is 14.6. The van der Waals surface area contributed by atoms with Crippen LogP contribution in [0.15, 0.2) is 67.3 Å². The summed E-state index contributed by atoms with van der Waals surface area (Å²) in [5.74, 6) is -4.24. The van der Waals surface area contributed by atoms with Crippen molar-refractivity contribution in [2.45, 2.75) is 49.7 Å². The van der Waals surface area contributed by atoms with Gasteiger partial charge in [-0.15, -0.1) is 11.7 Å². The number of carbonyl (C=O) groups excluding carboxylic acids is 2. The Kier molecular flexibility index (Phi) is 6.23. The quantitative estimate of drug-likeness (QED) is 0.390. The molecule has 4 heterocycles. The largest absolute Gasteiger partial charge is 0.481 e. The highest BCUT2D eigenvalue weighted by molar-refractivity contribution is 5.98. The predicted molar refractivity (Wildman–Crippen MR) is 142 cm³/mol. The number of aliphatic hydroxyl groups excluding tert-OH is 1. The maximum absolute atomic E-state index is 14.6. The molecule has 208 valence electrons. The first-order valence-corrected chi connectivity index (χ1v) is 13.3. The van der Waals surface area contributed by atoms with Crippen LogP contribution >= 0.6 is 0 Å². The number of carboxylic acid groups (broad SMARTS) is 1. The molecule has 3 aliphatic rings. The smallest absolute Gasteiger partial charge is 0.310 e. The third-order valence-corrected chi connectivity index (χ3v) is 8.79. The van der Waals surface area contributed by atoms with Crippen LogP contribution in [-0.4, -0.2) is 83.2 Å². The van der Waals surface area contributed by atoms with E-state index in [2.05, 4.69) is 16.9 Å². The highest BCUT2D eigenvalue weighted by Crippen LogP contribution is 2.64. The number of hydrogen-bond donors (Lipinski definition) is 2. The zero-order chi connectivity index (χ0) is 28.2. The van der Waals surface area contributed by atoms with Gasteiger partial charge in [-0.1, -0.05) is 53.8 Å². The Hall–Kier alpha value is -4.09. The molecule has 3 aliphatic heterocycles. The van der Waals surface area contributed by atoms with E-state index in [1.165, 1.54) is 9.80 Å². The van der Waals surface area contributed by atoms with Crippen molar-refractivity contribution in [3.05, 3.63) is 72.8 Å². The standard InChI is InChI=1S/C29H31N5O6/c1-3-15-32(17-33-20-12-8-7-11-19(20)30-31-33)26(37)24-29-14-13-28(2,40-29)23(27(38)39)22(29)25(36)34(24)21(16-35)18-9-5-4-6-10-18/h3-12,21-24,35H,1,13-17H2,2H3,(H,38,39)/t21-,22+,23-,24?,28+,29?/m1/s1. The topological polar surface area (TPSA) is 138 Å². The van der Waals surface area contributed by atoms with Crippen LogP contribution in [0, 0.1) is 11.8 Å². The van der Waals surface area contributed by atoms with Crippen LogP contribution in [-0.2, 0) is 25.8 Å². The number of fused-ring (bicyclic) bond motifs is 2. The molecular formula is C29H31N5O6. The lowest BCUT2D eigenvalue weighted by molar-refractivity contribution is -0.159. The molecule has 0 aliphatic carbocycles. The zero-order valence-electron chi connectivity index (χ0n) is 22.1. The molecule has 11 heteroatoms. The van der Waals surface area contributed by atoms with Crippen molar-refractivity contribution in [3.63, 3.8) is 0 Å². The summed E-state index contributed by atoms with van der Waals surface area (Å²) >= 11 is 0. The van der Waals surface area contributed by atoms with E-state index in [-0.39, 0.29) is 13.2 Å². The van der Waals surface area contributed by atoms with Crippen molar-refractivity contribution < 1.29 is 29.3 Å². The van der Waals surface area contributed by atoms with Crippen LogP contribution in [0.4, 0.5) is 0 Å². The third-order valence-electron chi connectivity index (χ3n) is 8.79. The van der Waals surface area contributed by atoms with Gasteiger partial charge in [0.15, 0.2) is 0 Å². The molecule has 1 aromatic heterocycles. The summed E-state index contributed by atoms with van der Waals surface area (Å²) in [7, 11) is 0. The number of rotatable bonds is 9. The minimum absolute atomic E-state index is 0.0272. The normalized spacial score (nSPS) is 29.5. The van der Waals surface area contributed by atoms with E-state index < -0.39 is 59.5 Å². The summed E-state index contributed by atoms with van der Waals surface area (Å²) in [6, 6.07) is 14.3. The molecule has 0 saturated carbocycles. The van der Waals surface area contributed by atoms with Crippen LogP contribution < -0.4 is 0 Å². The van der Waals surface area contributed by atoms with Gasteiger partial charge in [-0.25, -0.2) is 4.68 Å². The van der Waals surface area contributed by atoms with Crippen molar-refractivity contribution in [2.24, 2.45) is 11.8 Å². The van der Waals surface area contributed by atoms with Crippen molar-refractivity contribution in [2.75, 3.05) is 13.2 Å². The van der Waals surface area contributed by atoms with Gasteiger partial charge in [0.25, 0.3) is 0 Å². The van der Waals surface area contributed by atoms with Crippen molar-refractivity contribution >= 4 is 28.8 Å². The molecule has 40 heavy (non-hydrogen) atoms. The monoisotopic (exact) mass is 545 g/mol. The Balaban J connectivity index is 1.46. The van der Waals surface area contributed by atoms with E-state index in [9.17, 15) is 24.6 Å². The van der Waals surface area contributed by atoms with E-state index in [1.807, 2.05) is 30.3 Å². The second-order valence-corrected chi connectivity index (χ2v) is 11.0. The fourth-order valence-electron chi connectivity index (χ4n) is 7.11. The number of likely N-dealkylation sites (tertiary alicyclic amines) is 1. The van der Waals surface area contributed by atoms with Gasteiger partial charge in [-0.05, 0) is 37.5 Å². The Bertz CT molecular complexity index is 1490. The van der Waals surface area contributed by atoms with E-state index >= 15 is 0 Å². The summed E-state index contributed by atoms with van der Waals surface area (Å²) in [6.45, 7) is 5.25. The summed E-state index contributed by atoms with van der Waals surface area (Å²) < 4.78 is 8.11. The molecule has 6 rings (SSSR count). The summed E-state index contributed by atoms with van der Waals surface area (Å²) in [6.07, 6.45) is 2.33. The molecule has 1 spiro atoms. The zero-order valence-corrected chi connectivity index (χ0v) is 22.1. The van der Waals surface area contributed by atoms with Gasteiger partial charge in [-0.2, -0.15) is 0 Å². The Morgan fingerprint density at radius 3 is 2.62 bits per heavy atom. The number of benzene rings is 2. The number of ether oxygens (including phenoxy) is 1. The molecule has 11 nitrogen and oxygen atoms in total. The molecule has 2 unspecified atom stereocenters. The molecule has 2 amide bonds. The van der Waals surface area contributed by atoms with Crippen molar-refractivity contribution in [3.8, 4) is 0 Å². The Morgan fingerprint density at radius 1 is 1.20 bits per heavy atom. The summed E-state index contributed by atoms with van der Waals surface area (Å²) in [5, 5.41) is 29.2. The highest BCUT2D eigenvalue weighted by Gasteiger charge is 2.79. The molecular weight excluding hydrogens is 514 g/mol. The molecule has 6 atom stereocenters. The predicted octanol–water partition coefficient (Wildman–Crippen LogP) is 1.99. The van der Waals surface area contributed by atoms with Crippen LogP contribution in [0.1, 0.15) is 31.4 Å². The number of hydrogen-bond acceptors (Lipinski definition) is 7. The summed E-state index contributed by atoms with van der Waals surface area (Å²) in [5.41, 5.74) is -0.391. The van der Waals surface area contributed by atoms with E-state index in [4.69, 9.17) is 4.74 Å². The van der Waals surface area contributed by atoms with Crippen molar-refractivity contribution in [1.29, 1.82) is 0 Å². The van der Waals surface area contributed by atoms with Crippen molar-refractivity contribution in [1.82, 2.24) is 24.8 Å². The lowest BCUT2D eigenvalue weighted by Crippen LogP contribution is -2.57. The number of carboxylic acids is 1. The van der Waals surface area contributed by atoms with Gasteiger partial charge in [-0.3, -0.25) is 14.4 Å². The number of amides is 2. The Morgan fingerprint density at radius 2 is 1.93 bits per heavy atom. The minimum Gasteiger partial charge on any atom is -0.481 e. The minimum atomic E-state index is -1.35. The number of aromatic nitrogens is 3. The molecule has 3 saturated heterocycles. The summed E-state index contributed by atoms with van der Waals surface area (Å²) in [4.78, 5) is 44.3. The van der Waals surface area contributed by atoms with Gasteiger partial charge in [0, 0.05) is 6.54 Å². The lowest BCUT2D eigenvalue weighted by atomic mass is 9.66. The molecule has 3 aromatic rings. The number of aliphatic hydroxyl groups is 1. The fourth-order valence-corrected chi connectivity index (χ4v) is 7.11. The Labute approximate surface area is 230 Å². The third kappa shape index (κ3) is 3.68. The average molecular weight is 546 g/mol. The fraction of sp³-hybridized carbons (Fsp3) is 0.414. The number of nitrogens with zero attached hydrogens (tertiary/aromatic N) is 5. The number of carbonyl (C=O) groups is 3. The first-order valence-electron chi connectivity index (χ1n) is 13.3. The van der Waals surface area contributed by atoms with E-state index in [0.29, 0.717) is 23.9 Å². The van der Waals surface area contributed by atoms with Gasteiger partial charge < -0.3 is 24.7 Å². The van der Waals surface area contributed by atoms with Gasteiger partial charge >= 0.3 is 5.97 Å². The molecule has 2 bridgehead atoms.